The SMILES string of the molecule is CC(=O)NC(C(=O)NCC1(N2CCCCC2)CCOCC1)C(C)C. The van der Waals surface area contributed by atoms with Crippen LogP contribution in [0.5, 0.6) is 0 Å². The predicted octanol–water partition coefficient (Wildman–Crippen LogP) is 1.30. The molecule has 2 amide bonds. The highest BCUT2D eigenvalue weighted by molar-refractivity contribution is 5.87. The average Bonchev–Trinajstić information content (AvgIpc) is 2.59. The quantitative estimate of drug-likeness (QED) is 0.765. The van der Waals surface area contributed by atoms with E-state index in [-0.39, 0.29) is 23.3 Å². The number of nitrogens with one attached hydrogen (secondary N) is 2. The van der Waals surface area contributed by atoms with Crippen LogP contribution in [0.3, 0.4) is 0 Å². The summed E-state index contributed by atoms with van der Waals surface area (Å²) >= 11 is 0. The molecule has 0 bridgehead atoms. The number of hydrogen-bond acceptors (Lipinski definition) is 4. The Bertz CT molecular complexity index is 427. The Balaban J connectivity index is 2.01. The Hall–Kier alpha value is -1.14. The molecule has 0 aromatic rings. The minimum absolute atomic E-state index is 0.00603. The summed E-state index contributed by atoms with van der Waals surface area (Å²) in [4.78, 5) is 26.5. The van der Waals surface area contributed by atoms with Gasteiger partial charge in [-0.2, -0.15) is 0 Å². The Morgan fingerprint density at radius 1 is 1.12 bits per heavy atom. The van der Waals surface area contributed by atoms with Crippen molar-refractivity contribution < 1.29 is 14.3 Å². The molecule has 2 fully saturated rings. The maximum atomic E-state index is 12.6. The minimum Gasteiger partial charge on any atom is -0.381 e. The minimum atomic E-state index is -0.472. The number of piperidine rings is 1. The number of nitrogens with zero attached hydrogens (tertiary/aromatic N) is 1. The van der Waals surface area contributed by atoms with Crippen LogP contribution in [0.2, 0.25) is 0 Å². The summed E-state index contributed by atoms with van der Waals surface area (Å²) in [6.45, 7) is 9.72. The van der Waals surface area contributed by atoms with E-state index in [0.717, 1.165) is 39.1 Å². The first-order valence-electron chi connectivity index (χ1n) is 9.32. The first kappa shape index (κ1) is 19.2. The lowest BCUT2D eigenvalue weighted by Gasteiger charge is -2.48. The summed E-state index contributed by atoms with van der Waals surface area (Å²) in [5, 5.41) is 5.90. The van der Waals surface area contributed by atoms with Crippen LogP contribution >= 0.6 is 0 Å². The second kappa shape index (κ2) is 8.81. The number of carbonyl (C=O) groups excluding carboxylic acids is 2. The zero-order valence-electron chi connectivity index (χ0n) is 15.4. The van der Waals surface area contributed by atoms with Gasteiger partial charge in [-0.15, -0.1) is 0 Å². The molecule has 0 aromatic heterocycles. The summed E-state index contributed by atoms with van der Waals surface area (Å²) in [5.74, 6) is -0.182. The lowest BCUT2D eigenvalue weighted by atomic mass is 9.86. The van der Waals surface area contributed by atoms with E-state index in [4.69, 9.17) is 4.74 Å². The van der Waals surface area contributed by atoms with E-state index in [9.17, 15) is 9.59 Å². The highest BCUT2D eigenvalue weighted by Crippen LogP contribution is 2.30. The third-order valence-electron chi connectivity index (χ3n) is 5.35. The Morgan fingerprint density at radius 2 is 1.75 bits per heavy atom. The van der Waals surface area contributed by atoms with Crippen molar-refractivity contribution in [2.75, 3.05) is 32.8 Å². The van der Waals surface area contributed by atoms with Gasteiger partial charge in [0.2, 0.25) is 11.8 Å². The second-order valence-corrected chi connectivity index (χ2v) is 7.52. The number of likely N-dealkylation sites (tertiary alicyclic amines) is 1. The molecule has 24 heavy (non-hydrogen) atoms. The van der Waals surface area contributed by atoms with Gasteiger partial charge in [0.05, 0.1) is 0 Å². The molecule has 0 aromatic carbocycles. The first-order chi connectivity index (χ1) is 11.4. The molecule has 2 saturated heterocycles. The molecule has 2 rings (SSSR count). The van der Waals surface area contributed by atoms with Gasteiger partial charge in [-0.3, -0.25) is 14.5 Å². The van der Waals surface area contributed by atoms with Crippen molar-refractivity contribution in [3.8, 4) is 0 Å². The van der Waals surface area contributed by atoms with Gasteiger partial charge in [0, 0.05) is 32.2 Å². The fraction of sp³-hybridized carbons (Fsp3) is 0.889. The molecule has 0 saturated carbocycles. The predicted molar refractivity (Wildman–Crippen MR) is 93.7 cm³/mol. The van der Waals surface area contributed by atoms with Crippen LogP contribution in [0.15, 0.2) is 0 Å². The van der Waals surface area contributed by atoms with Gasteiger partial charge in [0.15, 0.2) is 0 Å². The van der Waals surface area contributed by atoms with Crippen LogP contribution in [-0.2, 0) is 14.3 Å². The largest absolute Gasteiger partial charge is 0.381 e. The maximum absolute atomic E-state index is 12.6. The standard InChI is InChI=1S/C18H33N3O3/c1-14(2)16(20-15(3)22)17(23)19-13-18(7-11-24-12-8-18)21-9-5-4-6-10-21/h14,16H,4-13H2,1-3H3,(H,19,23)(H,20,22). The van der Waals surface area contributed by atoms with Crippen LogP contribution in [0.4, 0.5) is 0 Å². The van der Waals surface area contributed by atoms with Crippen molar-refractivity contribution >= 4 is 11.8 Å². The molecule has 2 aliphatic rings. The summed E-state index contributed by atoms with van der Waals surface area (Å²) in [6.07, 6.45) is 5.68. The highest BCUT2D eigenvalue weighted by Gasteiger charge is 2.39. The molecular formula is C18H33N3O3. The fourth-order valence-corrected chi connectivity index (χ4v) is 3.84. The zero-order chi connectivity index (χ0) is 17.6. The molecule has 0 radical (unpaired) electrons. The number of carbonyl (C=O) groups is 2. The third-order valence-corrected chi connectivity index (χ3v) is 5.35. The number of hydrogen-bond donors (Lipinski definition) is 2. The molecule has 1 atom stereocenters. The van der Waals surface area contributed by atoms with Gasteiger partial charge in [-0.1, -0.05) is 20.3 Å². The number of amides is 2. The van der Waals surface area contributed by atoms with E-state index in [1.807, 2.05) is 13.8 Å². The molecule has 1 unspecified atom stereocenters. The van der Waals surface area contributed by atoms with E-state index in [1.165, 1.54) is 26.2 Å². The molecule has 2 heterocycles. The van der Waals surface area contributed by atoms with Crippen molar-refractivity contribution in [1.29, 1.82) is 0 Å². The van der Waals surface area contributed by atoms with Crippen LogP contribution in [0, 0.1) is 5.92 Å². The number of ether oxygens (including phenoxy) is 1. The monoisotopic (exact) mass is 339 g/mol. The highest BCUT2D eigenvalue weighted by atomic mass is 16.5. The molecule has 2 aliphatic heterocycles. The summed E-state index contributed by atoms with van der Waals surface area (Å²) < 4.78 is 5.56. The lowest BCUT2D eigenvalue weighted by Crippen LogP contribution is -2.61. The topological polar surface area (TPSA) is 70.7 Å². The zero-order valence-corrected chi connectivity index (χ0v) is 15.4. The summed E-state index contributed by atoms with van der Waals surface area (Å²) in [5.41, 5.74) is 0.00603. The molecule has 138 valence electrons. The van der Waals surface area contributed by atoms with Crippen LogP contribution in [0.1, 0.15) is 52.9 Å². The van der Waals surface area contributed by atoms with Gasteiger partial charge in [-0.25, -0.2) is 0 Å². The molecule has 6 heteroatoms. The number of rotatable bonds is 6. The van der Waals surface area contributed by atoms with Gasteiger partial charge in [0.1, 0.15) is 6.04 Å². The van der Waals surface area contributed by atoms with Crippen molar-refractivity contribution in [2.45, 2.75) is 64.5 Å². The van der Waals surface area contributed by atoms with Crippen LogP contribution < -0.4 is 10.6 Å². The molecule has 6 nitrogen and oxygen atoms in total. The van der Waals surface area contributed by atoms with E-state index in [0.29, 0.717) is 6.54 Å². The van der Waals surface area contributed by atoms with E-state index < -0.39 is 6.04 Å². The first-order valence-corrected chi connectivity index (χ1v) is 9.32. The summed E-state index contributed by atoms with van der Waals surface area (Å²) in [7, 11) is 0. The van der Waals surface area contributed by atoms with E-state index >= 15 is 0 Å². The van der Waals surface area contributed by atoms with Gasteiger partial charge in [0.25, 0.3) is 0 Å². The average molecular weight is 339 g/mol. The Labute approximate surface area is 145 Å². The summed E-state index contributed by atoms with van der Waals surface area (Å²) in [6, 6.07) is -0.472. The van der Waals surface area contributed by atoms with E-state index in [2.05, 4.69) is 15.5 Å². The smallest absolute Gasteiger partial charge is 0.242 e. The molecular weight excluding hydrogens is 306 g/mol. The van der Waals surface area contributed by atoms with Crippen molar-refractivity contribution in [3.05, 3.63) is 0 Å². The van der Waals surface area contributed by atoms with Gasteiger partial charge >= 0.3 is 0 Å². The Morgan fingerprint density at radius 3 is 2.29 bits per heavy atom. The fourth-order valence-electron chi connectivity index (χ4n) is 3.84. The van der Waals surface area contributed by atoms with Crippen molar-refractivity contribution in [1.82, 2.24) is 15.5 Å². The van der Waals surface area contributed by atoms with E-state index in [1.54, 1.807) is 0 Å². The molecule has 0 spiro atoms. The normalized spacial score (nSPS) is 22.8. The lowest BCUT2D eigenvalue weighted by molar-refractivity contribution is -0.130. The van der Waals surface area contributed by atoms with Gasteiger partial charge < -0.3 is 15.4 Å². The van der Waals surface area contributed by atoms with Crippen LogP contribution in [-0.4, -0.2) is 61.1 Å². The molecule has 0 aliphatic carbocycles. The maximum Gasteiger partial charge on any atom is 0.242 e. The Kier molecular flexibility index (Phi) is 7.04. The second-order valence-electron chi connectivity index (χ2n) is 7.52. The molecule has 2 N–H and O–H groups in total. The third kappa shape index (κ3) is 4.93. The van der Waals surface area contributed by atoms with Gasteiger partial charge in [-0.05, 0) is 44.7 Å². The van der Waals surface area contributed by atoms with Crippen molar-refractivity contribution in [2.24, 2.45) is 5.92 Å². The van der Waals surface area contributed by atoms with Crippen molar-refractivity contribution in [3.63, 3.8) is 0 Å². The van der Waals surface area contributed by atoms with Crippen LogP contribution in [0.25, 0.3) is 0 Å².